The lowest BCUT2D eigenvalue weighted by Gasteiger charge is -2.21. The lowest BCUT2D eigenvalue weighted by Crippen LogP contribution is -2.32. The van der Waals surface area contributed by atoms with Crippen molar-refractivity contribution in [2.45, 2.75) is 6.92 Å². The van der Waals surface area contributed by atoms with Gasteiger partial charge >= 0.3 is 0 Å². The summed E-state index contributed by atoms with van der Waals surface area (Å²) in [5.74, 6) is 4.58. The number of carbonyl (C=O) groups is 1. The highest BCUT2D eigenvalue weighted by Gasteiger charge is 2.20. The Morgan fingerprint density at radius 2 is 2.15 bits per heavy atom. The number of hydrazine groups is 1. The molecule has 1 heterocycles. The molecule has 20 heavy (non-hydrogen) atoms. The molecule has 104 valence electrons. The lowest BCUT2D eigenvalue weighted by atomic mass is 10.2. The standard InChI is InChI=1S/C13H14FN5O/c1-2-19(11-6-4-3-5-9(11)14)13(20)10-7-16-8-12(17-10)18-15/h3-8H,2,15H2,1H3,(H,17,18). The number of anilines is 2. The minimum absolute atomic E-state index is 0.0885. The van der Waals surface area contributed by atoms with Crippen LogP contribution in [0.5, 0.6) is 0 Å². The minimum atomic E-state index is -0.469. The number of carbonyl (C=O) groups excluding carboxylic acids is 1. The Morgan fingerprint density at radius 3 is 2.80 bits per heavy atom. The molecule has 0 unspecified atom stereocenters. The Kier molecular flexibility index (Phi) is 4.21. The van der Waals surface area contributed by atoms with Crippen LogP contribution >= 0.6 is 0 Å². The second kappa shape index (κ2) is 6.07. The third-order valence-corrected chi connectivity index (χ3v) is 2.71. The zero-order valence-corrected chi connectivity index (χ0v) is 10.9. The fourth-order valence-corrected chi connectivity index (χ4v) is 1.77. The third kappa shape index (κ3) is 2.72. The van der Waals surface area contributed by atoms with E-state index in [9.17, 15) is 9.18 Å². The van der Waals surface area contributed by atoms with E-state index in [-0.39, 0.29) is 17.2 Å². The highest BCUT2D eigenvalue weighted by molar-refractivity contribution is 6.04. The van der Waals surface area contributed by atoms with Crippen LogP contribution in [0.2, 0.25) is 0 Å². The van der Waals surface area contributed by atoms with Crippen molar-refractivity contribution in [2.24, 2.45) is 5.84 Å². The van der Waals surface area contributed by atoms with Crippen molar-refractivity contribution in [3.8, 4) is 0 Å². The first-order chi connectivity index (χ1) is 9.67. The number of rotatable bonds is 4. The molecule has 0 saturated carbocycles. The Morgan fingerprint density at radius 1 is 1.40 bits per heavy atom. The molecule has 6 nitrogen and oxygen atoms in total. The van der Waals surface area contributed by atoms with Crippen LogP contribution in [0.1, 0.15) is 17.4 Å². The summed E-state index contributed by atoms with van der Waals surface area (Å²) in [6, 6.07) is 6.07. The highest BCUT2D eigenvalue weighted by atomic mass is 19.1. The molecule has 0 aliphatic heterocycles. The zero-order chi connectivity index (χ0) is 14.5. The number of para-hydroxylation sites is 1. The number of hydrogen-bond acceptors (Lipinski definition) is 5. The quantitative estimate of drug-likeness (QED) is 0.653. The van der Waals surface area contributed by atoms with Gasteiger partial charge in [0.2, 0.25) is 0 Å². The molecule has 0 radical (unpaired) electrons. The van der Waals surface area contributed by atoms with Gasteiger partial charge in [-0.1, -0.05) is 12.1 Å². The summed E-state index contributed by atoms with van der Waals surface area (Å²) < 4.78 is 13.8. The van der Waals surface area contributed by atoms with Crippen LogP contribution < -0.4 is 16.2 Å². The number of aromatic nitrogens is 2. The van der Waals surface area contributed by atoms with Gasteiger partial charge in [-0.25, -0.2) is 15.2 Å². The summed E-state index contributed by atoms with van der Waals surface area (Å²) in [7, 11) is 0. The topological polar surface area (TPSA) is 84.1 Å². The lowest BCUT2D eigenvalue weighted by molar-refractivity contribution is 0.0982. The van der Waals surface area contributed by atoms with E-state index in [1.807, 2.05) is 0 Å². The van der Waals surface area contributed by atoms with Crippen molar-refractivity contribution in [1.29, 1.82) is 0 Å². The van der Waals surface area contributed by atoms with Gasteiger partial charge < -0.3 is 10.3 Å². The van der Waals surface area contributed by atoms with Gasteiger partial charge in [0.05, 0.1) is 18.1 Å². The molecule has 0 atom stereocenters. The SMILES string of the molecule is CCN(C(=O)c1cncc(NN)n1)c1ccccc1F. The van der Waals surface area contributed by atoms with Gasteiger partial charge in [0.1, 0.15) is 11.5 Å². The van der Waals surface area contributed by atoms with E-state index >= 15 is 0 Å². The fourth-order valence-electron chi connectivity index (χ4n) is 1.77. The molecule has 0 spiro atoms. The molecule has 0 bridgehead atoms. The van der Waals surface area contributed by atoms with Crippen LogP contribution in [-0.2, 0) is 0 Å². The van der Waals surface area contributed by atoms with Gasteiger partial charge in [0.25, 0.3) is 5.91 Å². The summed E-state index contributed by atoms with van der Waals surface area (Å²) in [4.78, 5) is 21.5. The summed E-state index contributed by atoms with van der Waals surface area (Å²) in [5, 5.41) is 0. The van der Waals surface area contributed by atoms with E-state index in [0.29, 0.717) is 6.54 Å². The highest BCUT2D eigenvalue weighted by Crippen LogP contribution is 2.20. The van der Waals surface area contributed by atoms with E-state index in [1.54, 1.807) is 19.1 Å². The molecule has 2 aromatic rings. The van der Waals surface area contributed by atoms with Gasteiger partial charge in [0, 0.05) is 6.54 Å². The predicted octanol–water partition coefficient (Wildman–Crippen LogP) is 1.57. The fraction of sp³-hybridized carbons (Fsp3) is 0.154. The van der Waals surface area contributed by atoms with Crippen molar-refractivity contribution < 1.29 is 9.18 Å². The molecule has 1 aromatic heterocycles. The first-order valence-electron chi connectivity index (χ1n) is 6.02. The number of nitrogens with two attached hydrogens (primary N) is 1. The van der Waals surface area contributed by atoms with Crippen LogP contribution in [-0.4, -0.2) is 22.4 Å². The zero-order valence-electron chi connectivity index (χ0n) is 10.9. The number of nitrogen functional groups attached to an aromatic ring is 1. The summed E-state index contributed by atoms with van der Waals surface area (Å²) in [6.07, 6.45) is 2.70. The normalized spacial score (nSPS) is 10.2. The van der Waals surface area contributed by atoms with E-state index in [1.165, 1.54) is 29.4 Å². The molecule has 1 amide bonds. The van der Waals surface area contributed by atoms with Crippen LogP contribution in [0, 0.1) is 5.82 Å². The first-order valence-corrected chi connectivity index (χ1v) is 6.02. The van der Waals surface area contributed by atoms with Gasteiger partial charge in [0.15, 0.2) is 5.82 Å². The van der Waals surface area contributed by atoms with Crippen LogP contribution in [0.3, 0.4) is 0 Å². The Hall–Kier alpha value is -2.54. The van der Waals surface area contributed by atoms with Crippen molar-refractivity contribution in [1.82, 2.24) is 9.97 Å². The number of amides is 1. The molecule has 1 aromatic carbocycles. The van der Waals surface area contributed by atoms with Crippen molar-refractivity contribution >= 4 is 17.4 Å². The van der Waals surface area contributed by atoms with E-state index in [4.69, 9.17) is 5.84 Å². The second-order valence-corrected chi connectivity index (χ2v) is 3.93. The maximum absolute atomic E-state index is 13.8. The van der Waals surface area contributed by atoms with Crippen molar-refractivity contribution in [2.75, 3.05) is 16.9 Å². The monoisotopic (exact) mass is 275 g/mol. The van der Waals surface area contributed by atoms with Crippen LogP contribution in [0.25, 0.3) is 0 Å². The van der Waals surface area contributed by atoms with Gasteiger partial charge in [-0.3, -0.25) is 9.78 Å². The molecule has 2 rings (SSSR count). The van der Waals surface area contributed by atoms with Crippen LogP contribution in [0.4, 0.5) is 15.9 Å². The molecular weight excluding hydrogens is 261 g/mol. The average Bonchev–Trinajstić information content (AvgIpc) is 2.49. The molecule has 0 fully saturated rings. The van der Waals surface area contributed by atoms with Crippen molar-refractivity contribution in [3.05, 3.63) is 48.2 Å². The number of halogens is 1. The third-order valence-electron chi connectivity index (χ3n) is 2.71. The predicted molar refractivity (Wildman–Crippen MR) is 73.6 cm³/mol. The van der Waals surface area contributed by atoms with Gasteiger partial charge in [-0.05, 0) is 19.1 Å². The number of nitrogens with one attached hydrogen (secondary N) is 1. The van der Waals surface area contributed by atoms with Crippen LogP contribution in [0.15, 0.2) is 36.7 Å². The Balaban J connectivity index is 2.36. The minimum Gasteiger partial charge on any atom is -0.307 e. The molecular formula is C13H14FN5O. The largest absolute Gasteiger partial charge is 0.307 e. The molecule has 0 aliphatic carbocycles. The molecule has 0 saturated heterocycles. The second-order valence-electron chi connectivity index (χ2n) is 3.93. The summed E-state index contributed by atoms with van der Waals surface area (Å²) in [6.45, 7) is 2.06. The van der Waals surface area contributed by atoms with E-state index in [0.717, 1.165) is 0 Å². The number of benzene rings is 1. The van der Waals surface area contributed by atoms with Crippen molar-refractivity contribution in [3.63, 3.8) is 0 Å². The van der Waals surface area contributed by atoms with Gasteiger partial charge in [-0.2, -0.15) is 0 Å². The maximum Gasteiger partial charge on any atom is 0.278 e. The molecule has 0 aliphatic rings. The maximum atomic E-state index is 13.8. The summed E-state index contributed by atoms with van der Waals surface area (Å²) in [5.41, 5.74) is 2.60. The number of nitrogens with zero attached hydrogens (tertiary/aromatic N) is 3. The molecule has 7 heteroatoms. The molecule has 3 N–H and O–H groups in total. The average molecular weight is 275 g/mol. The smallest absolute Gasteiger partial charge is 0.278 e. The summed E-state index contributed by atoms with van der Waals surface area (Å²) >= 11 is 0. The number of hydrogen-bond donors (Lipinski definition) is 2. The Bertz CT molecular complexity index is 619. The first kappa shape index (κ1) is 13.9. The Labute approximate surface area is 115 Å². The van der Waals surface area contributed by atoms with E-state index in [2.05, 4.69) is 15.4 Å². The van der Waals surface area contributed by atoms with E-state index < -0.39 is 11.7 Å². The van der Waals surface area contributed by atoms with Gasteiger partial charge in [-0.15, -0.1) is 0 Å².